The van der Waals surface area contributed by atoms with Crippen LogP contribution in [0.5, 0.6) is 0 Å². The van der Waals surface area contributed by atoms with Gasteiger partial charge in [-0.1, -0.05) is 141 Å². The van der Waals surface area contributed by atoms with Crippen molar-refractivity contribution < 1.29 is 38.6 Å². The first-order valence-corrected chi connectivity index (χ1v) is 24.3. The van der Waals surface area contributed by atoms with Gasteiger partial charge in [0, 0.05) is 25.7 Å². The molecule has 0 aliphatic rings. The molecule has 0 fully saturated rings. The Balaban J connectivity index is 4.40. The first-order valence-electron chi connectivity index (χ1n) is 24.3. The number of allylic oxidation sites excluding steroid dienone is 4. The summed E-state index contributed by atoms with van der Waals surface area (Å²) in [6.07, 6.45) is 42.3. The van der Waals surface area contributed by atoms with E-state index in [1.807, 2.05) is 7.05 Å². The molecule has 0 saturated carbocycles. The first kappa shape index (κ1) is 55.8. The molecule has 1 amide bonds. The quantitative estimate of drug-likeness (QED) is 0.0272. The summed E-state index contributed by atoms with van der Waals surface area (Å²) >= 11 is 0. The van der Waals surface area contributed by atoms with Crippen LogP contribution in [-0.2, 0) is 23.9 Å². The highest BCUT2D eigenvalue weighted by atomic mass is 16.5. The molecule has 0 saturated heterocycles. The van der Waals surface area contributed by atoms with Crippen molar-refractivity contribution in [1.29, 1.82) is 0 Å². The first-order chi connectivity index (χ1) is 28.3. The van der Waals surface area contributed by atoms with Crippen LogP contribution in [0.3, 0.4) is 0 Å². The van der Waals surface area contributed by atoms with Crippen molar-refractivity contribution in [2.24, 2.45) is 0 Å². The van der Waals surface area contributed by atoms with Crippen molar-refractivity contribution in [3.05, 3.63) is 24.3 Å². The number of aliphatic hydroxyl groups is 2. The topological polar surface area (TPSA) is 113 Å². The summed E-state index contributed by atoms with van der Waals surface area (Å²) in [4.78, 5) is 39.9. The van der Waals surface area contributed by atoms with Crippen LogP contribution in [0, 0.1) is 0 Å². The second-order valence-electron chi connectivity index (χ2n) is 16.8. The Morgan fingerprint density at radius 1 is 0.466 bits per heavy atom. The summed E-state index contributed by atoms with van der Waals surface area (Å²) in [5.41, 5.74) is 0. The summed E-state index contributed by atoms with van der Waals surface area (Å²) in [7, 11) is 1.97. The van der Waals surface area contributed by atoms with E-state index in [9.17, 15) is 24.6 Å². The third-order valence-corrected chi connectivity index (χ3v) is 11.3. The molecule has 58 heavy (non-hydrogen) atoms. The minimum Gasteiger partial charge on any atom is -0.464 e. The van der Waals surface area contributed by atoms with E-state index in [1.165, 1.54) is 116 Å². The number of amides is 1. The molecule has 340 valence electrons. The number of carbonyl (C=O) groups is 3. The van der Waals surface area contributed by atoms with Gasteiger partial charge in [-0.2, -0.15) is 0 Å². The maximum atomic E-state index is 13.3. The van der Waals surface area contributed by atoms with Crippen molar-refractivity contribution in [2.75, 3.05) is 66.2 Å². The molecular weight excluding hydrogens is 729 g/mol. The molecule has 0 aromatic rings. The molecule has 0 rings (SSSR count). The number of hydrogen-bond acceptors (Lipinski definition) is 7. The normalized spacial score (nSPS) is 11.9. The van der Waals surface area contributed by atoms with Gasteiger partial charge in [-0.3, -0.25) is 14.4 Å². The lowest BCUT2D eigenvalue weighted by atomic mass is 10.1. The van der Waals surface area contributed by atoms with Gasteiger partial charge in [0.15, 0.2) is 0 Å². The van der Waals surface area contributed by atoms with Crippen LogP contribution in [0.25, 0.3) is 0 Å². The van der Waals surface area contributed by atoms with Crippen molar-refractivity contribution in [1.82, 2.24) is 4.90 Å². The standard InChI is InChI=1S/C49H93N2O7/c1-4-6-8-10-12-14-16-18-20-22-24-26-28-30-32-36-48(55)57-45-38-50(47(54)35-34-40-51(3,41-43-52)42-44-53)39-46-58-49(56)37-33-31-29-27-25-23-21-19-17-15-13-11-9-7-5-2/h18-21,52-53H,4-17,22-46H2,1-3H3/q+1/b20-18-,21-19-. The maximum Gasteiger partial charge on any atom is 0.305 e. The number of esters is 2. The monoisotopic (exact) mass is 822 g/mol. The van der Waals surface area contributed by atoms with Crippen molar-refractivity contribution in [3.8, 4) is 0 Å². The molecule has 0 aliphatic carbocycles. The van der Waals surface area contributed by atoms with Gasteiger partial charge in [-0.25, -0.2) is 0 Å². The second-order valence-corrected chi connectivity index (χ2v) is 16.8. The van der Waals surface area contributed by atoms with Crippen LogP contribution < -0.4 is 0 Å². The average Bonchev–Trinajstić information content (AvgIpc) is 3.20. The molecule has 0 unspecified atom stereocenters. The van der Waals surface area contributed by atoms with Gasteiger partial charge in [0.25, 0.3) is 0 Å². The predicted octanol–water partition coefficient (Wildman–Crippen LogP) is 11.2. The number of hydrogen-bond donors (Lipinski definition) is 2. The summed E-state index contributed by atoms with van der Waals surface area (Å²) in [5.74, 6) is -0.559. The minimum absolute atomic E-state index is 0.0152. The predicted molar refractivity (Wildman–Crippen MR) is 242 cm³/mol. The Morgan fingerprint density at radius 2 is 0.810 bits per heavy atom. The highest BCUT2D eigenvalue weighted by molar-refractivity contribution is 5.76. The van der Waals surface area contributed by atoms with Gasteiger partial charge in [0.2, 0.25) is 5.91 Å². The Labute approximate surface area is 357 Å². The van der Waals surface area contributed by atoms with Crippen LogP contribution in [0.2, 0.25) is 0 Å². The molecule has 0 aromatic carbocycles. The van der Waals surface area contributed by atoms with E-state index in [2.05, 4.69) is 38.2 Å². The molecule has 0 aromatic heterocycles. The smallest absolute Gasteiger partial charge is 0.305 e. The lowest BCUT2D eigenvalue weighted by molar-refractivity contribution is -0.910. The summed E-state index contributed by atoms with van der Waals surface area (Å²) in [6.45, 7) is 6.94. The third kappa shape index (κ3) is 38.0. The summed E-state index contributed by atoms with van der Waals surface area (Å²) < 4.78 is 11.5. The highest BCUT2D eigenvalue weighted by Crippen LogP contribution is 2.13. The van der Waals surface area contributed by atoms with E-state index in [1.54, 1.807) is 4.90 Å². The summed E-state index contributed by atoms with van der Waals surface area (Å²) in [6, 6.07) is 0. The molecule has 0 atom stereocenters. The van der Waals surface area contributed by atoms with Crippen molar-refractivity contribution in [2.45, 2.75) is 206 Å². The van der Waals surface area contributed by atoms with E-state index < -0.39 is 0 Å². The fourth-order valence-electron chi connectivity index (χ4n) is 7.31. The number of unbranched alkanes of at least 4 members (excludes halogenated alkanes) is 22. The van der Waals surface area contributed by atoms with E-state index >= 15 is 0 Å². The molecular formula is C49H93N2O7+. The molecule has 0 spiro atoms. The molecule has 0 heterocycles. The number of aliphatic hydroxyl groups excluding tert-OH is 2. The van der Waals surface area contributed by atoms with Gasteiger partial charge < -0.3 is 29.1 Å². The Kier molecular flexibility index (Phi) is 41.2. The number of rotatable bonds is 44. The lowest BCUT2D eigenvalue weighted by Crippen LogP contribution is -2.49. The van der Waals surface area contributed by atoms with Crippen LogP contribution in [0.1, 0.15) is 206 Å². The maximum absolute atomic E-state index is 13.3. The Morgan fingerprint density at radius 3 is 1.17 bits per heavy atom. The average molecular weight is 822 g/mol. The second kappa shape index (κ2) is 42.9. The van der Waals surface area contributed by atoms with E-state index in [0.717, 1.165) is 51.4 Å². The van der Waals surface area contributed by atoms with Gasteiger partial charge in [0.1, 0.15) is 26.3 Å². The van der Waals surface area contributed by atoms with E-state index in [-0.39, 0.29) is 63.8 Å². The highest BCUT2D eigenvalue weighted by Gasteiger charge is 2.22. The van der Waals surface area contributed by atoms with Crippen molar-refractivity contribution >= 4 is 17.8 Å². The fraction of sp³-hybridized carbons (Fsp3) is 0.857. The van der Waals surface area contributed by atoms with Crippen LogP contribution in [0.15, 0.2) is 24.3 Å². The van der Waals surface area contributed by atoms with Gasteiger partial charge >= 0.3 is 11.9 Å². The molecule has 0 aliphatic heterocycles. The van der Waals surface area contributed by atoms with Crippen LogP contribution in [-0.4, -0.2) is 104 Å². The molecule has 9 heteroatoms. The fourth-order valence-corrected chi connectivity index (χ4v) is 7.31. The van der Waals surface area contributed by atoms with Crippen LogP contribution in [0.4, 0.5) is 0 Å². The SMILES string of the molecule is CCCCCCCC/C=C\CCCCCCCC(=O)OCCN(CCOC(=O)CCCCCCC/C=C\CCCCCCCC)C(=O)CCC[N+](C)(CCO)CCO. The van der Waals surface area contributed by atoms with Gasteiger partial charge in [-0.15, -0.1) is 0 Å². The zero-order valence-electron chi connectivity index (χ0n) is 38.2. The number of likely N-dealkylation sites (N-methyl/N-ethyl adjacent to an activating group) is 1. The molecule has 9 nitrogen and oxygen atoms in total. The van der Waals surface area contributed by atoms with Crippen molar-refractivity contribution in [3.63, 3.8) is 0 Å². The zero-order valence-corrected chi connectivity index (χ0v) is 38.2. The summed E-state index contributed by atoms with van der Waals surface area (Å²) in [5, 5.41) is 19.0. The molecule has 2 N–H and O–H groups in total. The number of ether oxygens (including phenoxy) is 2. The zero-order chi connectivity index (χ0) is 42.6. The van der Waals surface area contributed by atoms with E-state index in [0.29, 0.717) is 43.4 Å². The van der Waals surface area contributed by atoms with Crippen LogP contribution >= 0.6 is 0 Å². The molecule has 0 bridgehead atoms. The van der Waals surface area contributed by atoms with Gasteiger partial charge in [0.05, 0.1) is 39.9 Å². The van der Waals surface area contributed by atoms with E-state index in [4.69, 9.17) is 9.47 Å². The number of quaternary nitrogens is 1. The van der Waals surface area contributed by atoms with Gasteiger partial charge in [-0.05, 0) is 64.2 Å². The lowest BCUT2D eigenvalue weighted by Gasteiger charge is -2.33. The number of carbonyl (C=O) groups excluding carboxylic acids is 3. The Hall–Kier alpha value is -2.23. The molecule has 0 radical (unpaired) electrons. The number of nitrogens with zero attached hydrogens (tertiary/aromatic N) is 2. The Bertz CT molecular complexity index is 938. The largest absolute Gasteiger partial charge is 0.464 e. The third-order valence-electron chi connectivity index (χ3n) is 11.3. The minimum atomic E-state index is -0.238.